The van der Waals surface area contributed by atoms with Gasteiger partial charge in [0.25, 0.3) is 0 Å². The zero-order chi connectivity index (χ0) is 22.1. The molecule has 1 unspecified atom stereocenters. The summed E-state index contributed by atoms with van der Waals surface area (Å²) in [7, 11) is 0. The first-order valence-corrected chi connectivity index (χ1v) is 11.2. The number of benzene rings is 2. The molecule has 0 spiro atoms. The van der Waals surface area contributed by atoms with Crippen LogP contribution in [0.5, 0.6) is 0 Å². The predicted octanol–water partition coefficient (Wildman–Crippen LogP) is 8.61. The van der Waals surface area contributed by atoms with Gasteiger partial charge >= 0.3 is 6.18 Å². The summed E-state index contributed by atoms with van der Waals surface area (Å²) < 4.78 is 40.7. The van der Waals surface area contributed by atoms with Crippen LogP contribution >= 0.6 is 35.0 Å². The molecule has 1 nitrogen and oxygen atoms in total. The maximum atomic E-state index is 14.3. The maximum Gasteiger partial charge on any atom is 0.407 e. The summed E-state index contributed by atoms with van der Waals surface area (Å²) in [4.78, 5) is 4.54. The largest absolute Gasteiger partial charge is 0.407 e. The third-order valence-corrected chi connectivity index (χ3v) is 7.23. The first-order chi connectivity index (χ1) is 14.1. The zero-order valence-electron chi connectivity index (χ0n) is 16.9. The molecule has 0 saturated heterocycles. The minimum absolute atomic E-state index is 0.0708. The second kappa shape index (κ2) is 8.97. The van der Waals surface area contributed by atoms with Crippen molar-refractivity contribution < 1.29 is 13.2 Å². The van der Waals surface area contributed by atoms with Crippen molar-refractivity contribution in [3.05, 3.63) is 74.1 Å². The first-order valence-electron chi connectivity index (χ1n) is 9.55. The van der Waals surface area contributed by atoms with Crippen LogP contribution in [-0.2, 0) is 11.3 Å². The highest BCUT2D eigenvalue weighted by Gasteiger charge is 2.58. The van der Waals surface area contributed by atoms with Gasteiger partial charge in [-0.25, -0.2) is 0 Å². The average Bonchev–Trinajstić information content (AvgIpc) is 3.13. The average molecular weight is 472 g/mol. The van der Waals surface area contributed by atoms with Crippen LogP contribution in [0.15, 0.2) is 46.8 Å². The Bertz CT molecular complexity index is 994. The Morgan fingerprint density at radius 3 is 2.37 bits per heavy atom. The summed E-state index contributed by atoms with van der Waals surface area (Å²) in [6.45, 7) is 6.58. The molecule has 2 aromatic rings. The molecule has 2 aromatic carbocycles. The number of aryl methyl sites for hydroxylation is 1. The van der Waals surface area contributed by atoms with E-state index in [0.29, 0.717) is 12.1 Å². The van der Waals surface area contributed by atoms with Gasteiger partial charge in [0.05, 0.1) is 6.54 Å². The molecule has 1 heterocycles. The number of aliphatic imine (C=N–C) groups is 1. The predicted molar refractivity (Wildman–Crippen MR) is 123 cm³/mol. The molecule has 160 valence electrons. The van der Waals surface area contributed by atoms with E-state index in [4.69, 9.17) is 23.2 Å². The van der Waals surface area contributed by atoms with Crippen molar-refractivity contribution in [1.29, 1.82) is 0 Å². The van der Waals surface area contributed by atoms with Crippen LogP contribution in [0, 0.1) is 6.92 Å². The van der Waals surface area contributed by atoms with E-state index in [9.17, 15) is 13.2 Å². The fraction of sp³-hybridized carbons (Fsp3) is 0.348. The van der Waals surface area contributed by atoms with Gasteiger partial charge in [0, 0.05) is 22.2 Å². The van der Waals surface area contributed by atoms with E-state index in [-0.39, 0.29) is 22.0 Å². The molecule has 0 radical (unpaired) electrons. The summed E-state index contributed by atoms with van der Waals surface area (Å²) in [6, 6.07) is 9.92. The highest BCUT2D eigenvalue weighted by atomic mass is 35.5. The van der Waals surface area contributed by atoms with Gasteiger partial charge in [0.1, 0.15) is 4.75 Å². The molecule has 0 fully saturated rings. The lowest BCUT2D eigenvalue weighted by atomic mass is 9.88. The van der Waals surface area contributed by atoms with Gasteiger partial charge in [-0.1, -0.05) is 48.3 Å². The second-order valence-corrected chi connectivity index (χ2v) is 9.51. The molecule has 0 amide bonds. The molecule has 30 heavy (non-hydrogen) atoms. The van der Waals surface area contributed by atoms with Gasteiger partial charge < -0.3 is 0 Å². The van der Waals surface area contributed by atoms with Crippen molar-refractivity contribution in [1.82, 2.24) is 0 Å². The Balaban J connectivity index is 1.92. The van der Waals surface area contributed by atoms with Crippen LogP contribution in [0.1, 0.15) is 48.9 Å². The Hall–Kier alpha value is -1.43. The second-order valence-electron chi connectivity index (χ2n) is 7.47. The zero-order valence-corrected chi connectivity index (χ0v) is 19.2. The lowest BCUT2D eigenvalue weighted by molar-refractivity contribution is -0.160. The van der Waals surface area contributed by atoms with Crippen LogP contribution in [0.3, 0.4) is 0 Å². The van der Waals surface area contributed by atoms with Gasteiger partial charge in [0.15, 0.2) is 0 Å². The monoisotopic (exact) mass is 471 g/mol. The highest BCUT2D eigenvalue weighted by Crippen LogP contribution is 2.60. The number of nitrogens with zero attached hydrogens (tertiary/aromatic N) is 1. The Labute approximate surface area is 189 Å². The molecule has 1 atom stereocenters. The van der Waals surface area contributed by atoms with Gasteiger partial charge in [-0.2, -0.15) is 13.2 Å². The molecular weight excluding hydrogens is 450 g/mol. The molecule has 0 N–H and O–H groups in total. The molecule has 0 aliphatic carbocycles. The number of halogens is 5. The fourth-order valence-electron chi connectivity index (χ4n) is 3.39. The number of thioether (sulfide) groups is 1. The van der Waals surface area contributed by atoms with E-state index in [1.807, 2.05) is 32.0 Å². The van der Waals surface area contributed by atoms with E-state index >= 15 is 0 Å². The Morgan fingerprint density at radius 2 is 1.80 bits per heavy atom. The van der Waals surface area contributed by atoms with E-state index in [1.54, 1.807) is 5.41 Å². The molecule has 1 aliphatic heterocycles. The first kappa shape index (κ1) is 23.2. The third kappa shape index (κ3) is 4.74. The molecule has 7 heteroatoms. The van der Waals surface area contributed by atoms with E-state index < -0.39 is 10.9 Å². The number of alkyl halides is 3. The van der Waals surface area contributed by atoms with Crippen molar-refractivity contribution >= 4 is 46.2 Å². The van der Waals surface area contributed by atoms with Crippen LogP contribution in [0.2, 0.25) is 10.0 Å². The van der Waals surface area contributed by atoms with Gasteiger partial charge in [-0.3, -0.25) is 4.99 Å². The molecule has 3 rings (SSSR count). The van der Waals surface area contributed by atoms with E-state index in [1.165, 1.54) is 18.2 Å². The minimum Gasteiger partial charge on any atom is -0.290 e. The summed E-state index contributed by atoms with van der Waals surface area (Å²) in [6.07, 6.45) is -3.75. The van der Waals surface area contributed by atoms with Crippen molar-refractivity contribution in [2.24, 2.45) is 4.99 Å². The number of hydrogen-bond acceptors (Lipinski definition) is 2. The normalized spacial score (nSPS) is 19.9. The quantitative estimate of drug-likeness (QED) is 0.397. The summed E-state index contributed by atoms with van der Waals surface area (Å²) in [5.41, 5.74) is 4.67. The Morgan fingerprint density at radius 1 is 1.13 bits per heavy atom. The number of rotatable bonds is 5. The van der Waals surface area contributed by atoms with Crippen LogP contribution in [-0.4, -0.2) is 11.9 Å². The highest BCUT2D eigenvalue weighted by molar-refractivity contribution is 8.03. The SMILES string of the molecule is CCC(C)=NCc1ccc(C2=CSC(c3cc(Cl)cc(Cl)c3)(C(F)(F)F)C2)cc1C. The van der Waals surface area contributed by atoms with Crippen LogP contribution in [0.25, 0.3) is 5.57 Å². The van der Waals surface area contributed by atoms with Crippen LogP contribution < -0.4 is 0 Å². The smallest absolute Gasteiger partial charge is 0.290 e. The van der Waals surface area contributed by atoms with Crippen molar-refractivity contribution in [2.45, 2.75) is 51.1 Å². The minimum atomic E-state index is -4.47. The summed E-state index contributed by atoms with van der Waals surface area (Å²) in [5, 5.41) is 1.99. The van der Waals surface area contributed by atoms with Crippen molar-refractivity contribution in [2.75, 3.05) is 0 Å². The van der Waals surface area contributed by atoms with Crippen molar-refractivity contribution in [3.63, 3.8) is 0 Å². The van der Waals surface area contributed by atoms with Crippen molar-refractivity contribution in [3.8, 4) is 0 Å². The fourth-order valence-corrected chi connectivity index (χ4v) is 5.10. The Kier molecular flexibility index (Phi) is 6.95. The molecule has 0 aromatic heterocycles. The maximum absolute atomic E-state index is 14.3. The summed E-state index contributed by atoms with van der Waals surface area (Å²) in [5.74, 6) is 0. The molecule has 0 saturated carbocycles. The van der Waals surface area contributed by atoms with Gasteiger partial charge in [-0.05, 0) is 71.7 Å². The van der Waals surface area contributed by atoms with Gasteiger partial charge in [0.2, 0.25) is 0 Å². The molecule has 1 aliphatic rings. The van der Waals surface area contributed by atoms with E-state index in [0.717, 1.165) is 40.6 Å². The lowest BCUT2D eigenvalue weighted by Crippen LogP contribution is -2.37. The lowest BCUT2D eigenvalue weighted by Gasteiger charge is -2.32. The standard InChI is InChI=1S/C23H22Cl2F3NS/c1-4-15(3)29-12-17-6-5-16(7-14(17)2)18-11-22(30-13-18,23(26,27)28)19-8-20(24)10-21(25)9-19/h5-10,13H,4,11-12H2,1-3H3. The summed E-state index contributed by atoms with van der Waals surface area (Å²) >= 11 is 12.8. The molecule has 0 bridgehead atoms. The number of allylic oxidation sites excluding steroid dienone is 1. The van der Waals surface area contributed by atoms with Crippen LogP contribution in [0.4, 0.5) is 13.2 Å². The number of hydrogen-bond donors (Lipinski definition) is 0. The topological polar surface area (TPSA) is 12.4 Å². The molecular formula is C23H22Cl2F3NS. The van der Waals surface area contributed by atoms with E-state index in [2.05, 4.69) is 11.9 Å². The third-order valence-electron chi connectivity index (χ3n) is 5.37. The van der Waals surface area contributed by atoms with Gasteiger partial charge in [-0.15, -0.1) is 11.8 Å².